The molecule has 2 fully saturated rings. The van der Waals surface area contributed by atoms with E-state index in [4.69, 9.17) is 4.74 Å². The van der Waals surface area contributed by atoms with E-state index in [0.29, 0.717) is 0 Å². The maximum Gasteiger partial charge on any atom is 0.0556 e. The summed E-state index contributed by atoms with van der Waals surface area (Å²) >= 11 is 2.07. The van der Waals surface area contributed by atoms with Crippen LogP contribution in [0.4, 0.5) is 0 Å². The molecule has 1 heterocycles. The molecule has 1 spiro atoms. The molecular formula is C8H14OS. The van der Waals surface area contributed by atoms with Crippen LogP contribution >= 0.6 is 11.8 Å². The van der Waals surface area contributed by atoms with Gasteiger partial charge in [-0.25, -0.2) is 0 Å². The first kappa shape index (κ1) is 6.99. The standard InChI is InChI=1S/C8H14OS/c1-2-8(1)3-4-9-5-6-10-7-8/h1-7H2. The van der Waals surface area contributed by atoms with Crippen LogP contribution in [-0.4, -0.2) is 24.7 Å². The highest BCUT2D eigenvalue weighted by Gasteiger charge is 2.41. The van der Waals surface area contributed by atoms with E-state index in [9.17, 15) is 0 Å². The molecule has 0 bridgehead atoms. The minimum atomic E-state index is 0.741. The van der Waals surface area contributed by atoms with E-state index in [2.05, 4.69) is 11.8 Å². The van der Waals surface area contributed by atoms with Crippen LogP contribution in [0.5, 0.6) is 0 Å². The quantitative estimate of drug-likeness (QED) is 0.532. The molecule has 58 valence electrons. The van der Waals surface area contributed by atoms with E-state index in [1.807, 2.05) is 0 Å². The summed E-state index contributed by atoms with van der Waals surface area (Å²) in [7, 11) is 0. The van der Waals surface area contributed by atoms with E-state index in [1.165, 1.54) is 30.8 Å². The van der Waals surface area contributed by atoms with Crippen LogP contribution < -0.4 is 0 Å². The molecular weight excluding hydrogens is 144 g/mol. The summed E-state index contributed by atoms with van der Waals surface area (Å²) in [5.41, 5.74) is 0.741. The number of rotatable bonds is 0. The van der Waals surface area contributed by atoms with Crippen molar-refractivity contribution < 1.29 is 4.74 Å². The van der Waals surface area contributed by atoms with Crippen molar-refractivity contribution >= 4 is 11.8 Å². The molecule has 1 saturated heterocycles. The van der Waals surface area contributed by atoms with Gasteiger partial charge in [0.2, 0.25) is 0 Å². The van der Waals surface area contributed by atoms with Gasteiger partial charge < -0.3 is 4.74 Å². The third-order valence-electron chi connectivity index (χ3n) is 2.51. The van der Waals surface area contributed by atoms with Gasteiger partial charge in [-0.3, -0.25) is 0 Å². The monoisotopic (exact) mass is 158 g/mol. The number of hydrogen-bond acceptors (Lipinski definition) is 2. The number of hydrogen-bond donors (Lipinski definition) is 0. The van der Waals surface area contributed by atoms with Gasteiger partial charge in [-0.2, -0.15) is 11.8 Å². The number of thioether (sulfide) groups is 1. The first-order valence-electron chi connectivity index (χ1n) is 4.07. The van der Waals surface area contributed by atoms with Gasteiger partial charge in [-0.1, -0.05) is 0 Å². The van der Waals surface area contributed by atoms with Crippen LogP contribution in [0.3, 0.4) is 0 Å². The molecule has 0 N–H and O–H groups in total. The molecule has 2 heteroatoms. The van der Waals surface area contributed by atoms with Crippen molar-refractivity contribution in [3.63, 3.8) is 0 Å². The average Bonchev–Trinajstić information content (AvgIpc) is 2.61. The second-order valence-electron chi connectivity index (χ2n) is 3.41. The van der Waals surface area contributed by atoms with Gasteiger partial charge in [0.25, 0.3) is 0 Å². The molecule has 0 aromatic rings. The Bertz CT molecular complexity index is 110. The van der Waals surface area contributed by atoms with Crippen molar-refractivity contribution in [2.45, 2.75) is 19.3 Å². The van der Waals surface area contributed by atoms with Gasteiger partial charge in [-0.15, -0.1) is 0 Å². The largest absolute Gasteiger partial charge is 0.381 e. The SMILES string of the molecule is C1CSCC2(CCO1)CC2. The molecule has 0 atom stereocenters. The lowest BCUT2D eigenvalue weighted by Crippen LogP contribution is -2.14. The first-order valence-corrected chi connectivity index (χ1v) is 5.22. The molecule has 0 aromatic carbocycles. The molecule has 0 aromatic heterocycles. The average molecular weight is 158 g/mol. The van der Waals surface area contributed by atoms with Gasteiger partial charge in [0.05, 0.1) is 6.61 Å². The zero-order valence-corrected chi connectivity index (χ0v) is 7.08. The van der Waals surface area contributed by atoms with Gasteiger partial charge >= 0.3 is 0 Å². The summed E-state index contributed by atoms with van der Waals surface area (Å²) in [4.78, 5) is 0. The fourth-order valence-corrected chi connectivity index (χ4v) is 2.69. The topological polar surface area (TPSA) is 9.23 Å². The van der Waals surface area contributed by atoms with Crippen molar-refractivity contribution in [1.29, 1.82) is 0 Å². The summed E-state index contributed by atoms with van der Waals surface area (Å²) in [5.74, 6) is 2.61. The fourth-order valence-electron chi connectivity index (χ4n) is 1.44. The van der Waals surface area contributed by atoms with Crippen LogP contribution in [0.1, 0.15) is 19.3 Å². The van der Waals surface area contributed by atoms with Crippen molar-refractivity contribution in [2.24, 2.45) is 5.41 Å². The molecule has 0 radical (unpaired) electrons. The first-order chi connectivity index (χ1) is 4.91. The Kier molecular flexibility index (Phi) is 1.92. The minimum Gasteiger partial charge on any atom is -0.381 e. The van der Waals surface area contributed by atoms with Gasteiger partial charge in [0, 0.05) is 12.4 Å². The third kappa shape index (κ3) is 1.48. The van der Waals surface area contributed by atoms with Crippen LogP contribution in [0.15, 0.2) is 0 Å². The molecule has 10 heavy (non-hydrogen) atoms. The fraction of sp³-hybridized carbons (Fsp3) is 1.00. The highest BCUT2D eigenvalue weighted by molar-refractivity contribution is 7.99. The van der Waals surface area contributed by atoms with Crippen molar-refractivity contribution in [3.05, 3.63) is 0 Å². The van der Waals surface area contributed by atoms with Gasteiger partial charge in [0.1, 0.15) is 0 Å². The molecule has 1 nitrogen and oxygen atoms in total. The zero-order chi connectivity index (χ0) is 6.86. The molecule has 1 aliphatic carbocycles. The molecule has 0 amide bonds. The van der Waals surface area contributed by atoms with Gasteiger partial charge in [0.15, 0.2) is 0 Å². The Morgan fingerprint density at radius 2 is 2.00 bits per heavy atom. The highest BCUT2D eigenvalue weighted by Crippen LogP contribution is 2.51. The Hall–Kier alpha value is 0.310. The Labute approximate surface area is 66.5 Å². The van der Waals surface area contributed by atoms with Crippen molar-refractivity contribution in [2.75, 3.05) is 24.7 Å². The van der Waals surface area contributed by atoms with E-state index in [-0.39, 0.29) is 0 Å². The maximum atomic E-state index is 5.43. The van der Waals surface area contributed by atoms with Crippen LogP contribution in [0.2, 0.25) is 0 Å². The van der Waals surface area contributed by atoms with E-state index in [0.717, 1.165) is 18.6 Å². The maximum absolute atomic E-state index is 5.43. The summed E-state index contributed by atoms with van der Waals surface area (Å²) < 4.78 is 5.43. The highest BCUT2D eigenvalue weighted by atomic mass is 32.2. The van der Waals surface area contributed by atoms with Gasteiger partial charge in [-0.05, 0) is 30.4 Å². The second-order valence-corrected chi connectivity index (χ2v) is 4.52. The molecule has 2 rings (SSSR count). The number of ether oxygens (including phenoxy) is 1. The Morgan fingerprint density at radius 3 is 2.80 bits per heavy atom. The van der Waals surface area contributed by atoms with Crippen molar-refractivity contribution in [3.8, 4) is 0 Å². The van der Waals surface area contributed by atoms with Crippen molar-refractivity contribution in [1.82, 2.24) is 0 Å². The lowest BCUT2D eigenvalue weighted by Gasteiger charge is -2.17. The normalized spacial score (nSPS) is 31.2. The Balaban J connectivity index is 1.84. The predicted molar refractivity (Wildman–Crippen MR) is 44.4 cm³/mol. The Morgan fingerprint density at radius 1 is 1.10 bits per heavy atom. The van der Waals surface area contributed by atoms with E-state index < -0.39 is 0 Å². The smallest absolute Gasteiger partial charge is 0.0556 e. The summed E-state index contributed by atoms with van der Waals surface area (Å²) in [6.07, 6.45) is 4.24. The lowest BCUT2D eigenvalue weighted by molar-refractivity contribution is 0.131. The molecule has 0 unspecified atom stereocenters. The van der Waals surface area contributed by atoms with E-state index >= 15 is 0 Å². The summed E-state index contributed by atoms with van der Waals surface area (Å²) in [5, 5.41) is 0. The molecule has 1 aliphatic heterocycles. The van der Waals surface area contributed by atoms with E-state index in [1.54, 1.807) is 0 Å². The molecule has 2 aliphatic rings. The van der Waals surface area contributed by atoms with Crippen LogP contribution in [0, 0.1) is 5.41 Å². The predicted octanol–water partition coefficient (Wildman–Crippen LogP) is 1.92. The summed E-state index contributed by atoms with van der Waals surface area (Å²) in [6.45, 7) is 1.99. The second kappa shape index (κ2) is 2.74. The minimum absolute atomic E-state index is 0.741. The lowest BCUT2D eigenvalue weighted by atomic mass is 10.1. The molecule has 1 saturated carbocycles. The zero-order valence-electron chi connectivity index (χ0n) is 6.27. The van der Waals surface area contributed by atoms with Crippen LogP contribution in [-0.2, 0) is 4.74 Å². The van der Waals surface area contributed by atoms with Crippen LogP contribution in [0.25, 0.3) is 0 Å². The third-order valence-corrected chi connectivity index (χ3v) is 3.79. The summed E-state index contributed by atoms with van der Waals surface area (Å²) in [6, 6.07) is 0.